The van der Waals surface area contributed by atoms with Gasteiger partial charge in [-0.15, -0.1) is 0 Å². The van der Waals surface area contributed by atoms with E-state index in [1.165, 1.54) is 0 Å². The van der Waals surface area contributed by atoms with Crippen LogP contribution < -0.4 is 11.1 Å². The van der Waals surface area contributed by atoms with Crippen molar-refractivity contribution in [2.45, 2.75) is 18.9 Å². The molecule has 1 atom stereocenters. The fourth-order valence-corrected chi connectivity index (χ4v) is 2.40. The van der Waals surface area contributed by atoms with Crippen LogP contribution in [-0.2, 0) is 24.2 Å². The lowest BCUT2D eigenvalue weighted by Crippen LogP contribution is -2.65. The summed E-state index contributed by atoms with van der Waals surface area (Å²) in [5, 5.41) is 18.9. The first-order chi connectivity index (χ1) is 8.64. The molecule has 0 aliphatic heterocycles. The molecule has 0 aromatic heterocycles. The Bertz CT molecular complexity index is 445. The van der Waals surface area contributed by atoms with Crippen molar-refractivity contribution in [3.05, 3.63) is 0 Å². The molecule has 0 aliphatic carbocycles. The Morgan fingerprint density at radius 1 is 1.16 bits per heavy atom. The summed E-state index contributed by atoms with van der Waals surface area (Å²) >= 11 is 0. The Balaban J connectivity index is 4.07. The molecule has 0 aliphatic rings. The topological polar surface area (TPSA) is 165 Å². The first-order valence-corrected chi connectivity index (χ1v) is 7.21. The Morgan fingerprint density at radius 3 is 2.21 bits per heavy atom. The fraction of sp³-hybridized carbons (Fsp3) is 0.667. The van der Waals surface area contributed by atoms with Gasteiger partial charge in [0.05, 0.1) is 11.5 Å². The highest BCUT2D eigenvalue weighted by Crippen LogP contribution is 1.99. The van der Waals surface area contributed by atoms with Crippen LogP contribution in [0.25, 0.3) is 0 Å². The maximum absolute atomic E-state index is 11.5. The van der Waals surface area contributed by atoms with Crippen LogP contribution in [0.3, 0.4) is 0 Å². The number of carboxylic acids is 2. The lowest BCUT2D eigenvalue weighted by atomic mass is 10.2. The van der Waals surface area contributed by atoms with Crippen LogP contribution in [0, 0.1) is 0 Å². The van der Waals surface area contributed by atoms with Crippen LogP contribution >= 0.6 is 0 Å². The van der Waals surface area contributed by atoms with E-state index in [0.29, 0.717) is 0 Å². The smallest absolute Gasteiger partial charge is 0.362 e. The number of carbonyl (C=O) groups is 3. The third-order valence-electron chi connectivity index (χ3n) is 2.20. The SMILES string of the molecule is [NH3+][C@@H](CCS(=O)(=O)CCC(=O)NCC(=O)O)C(=O)O. The number of hydrogen-bond acceptors (Lipinski definition) is 5. The van der Waals surface area contributed by atoms with Crippen LogP contribution in [-0.4, -0.2) is 60.6 Å². The quantitative estimate of drug-likeness (QED) is 0.353. The molecule has 0 fully saturated rings. The first-order valence-electron chi connectivity index (χ1n) is 5.39. The number of amides is 1. The minimum absolute atomic E-state index is 0.131. The predicted octanol–water partition coefficient (Wildman–Crippen LogP) is -2.92. The van der Waals surface area contributed by atoms with Crippen molar-refractivity contribution in [1.82, 2.24) is 5.32 Å². The second-order valence-electron chi connectivity index (χ2n) is 3.90. The molecular formula is C9H17N2O7S+. The van der Waals surface area contributed by atoms with E-state index in [-0.39, 0.29) is 18.6 Å². The average Bonchev–Trinajstić information content (AvgIpc) is 2.30. The molecule has 0 saturated heterocycles. The van der Waals surface area contributed by atoms with Gasteiger partial charge in [-0.3, -0.25) is 9.59 Å². The Kier molecular flexibility index (Phi) is 7.01. The van der Waals surface area contributed by atoms with Crippen LogP contribution in [0.4, 0.5) is 0 Å². The van der Waals surface area contributed by atoms with Crippen molar-refractivity contribution in [1.29, 1.82) is 0 Å². The second kappa shape index (κ2) is 7.69. The van der Waals surface area contributed by atoms with E-state index < -0.39 is 46.0 Å². The number of hydrogen-bond donors (Lipinski definition) is 4. The summed E-state index contributed by atoms with van der Waals surface area (Å²) in [6.45, 7) is -0.571. The number of aliphatic carboxylic acids is 2. The van der Waals surface area contributed by atoms with E-state index in [2.05, 4.69) is 5.73 Å². The van der Waals surface area contributed by atoms with Crippen molar-refractivity contribution in [2.24, 2.45) is 0 Å². The summed E-state index contributed by atoms with van der Waals surface area (Å²) in [5.41, 5.74) is 3.28. The van der Waals surface area contributed by atoms with Gasteiger partial charge in [0.25, 0.3) is 0 Å². The van der Waals surface area contributed by atoms with Gasteiger partial charge < -0.3 is 21.3 Å². The highest BCUT2D eigenvalue weighted by atomic mass is 32.2. The summed E-state index contributed by atoms with van der Waals surface area (Å²) in [7, 11) is -3.56. The molecule has 6 N–H and O–H groups in total. The molecule has 0 radical (unpaired) electrons. The van der Waals surface area contributed by atoms with E-state index in [1.54, 1.807) is 0 Å². The molecule has 0 rings (SSSR count). The van der Waals surface area contributed by atoms with Gasteiger partial charge in [-0.05, 0) is 0 Å². The van der Waals surface area contributed by atoms with Gasteiger partial charge in [-0.2, -0.15) is 0 Å². The van der Waals surface area contributed by atoms with Crippen molar-refractivity contribution in [3.63, 3.8) is 0 Å². The molecule has 0 unspecified atom stereocenters. The van der Waals surface area contributed by atoms with Crippen molar-refractivity contribution >= 4 is 27.7 Å². The number of nitrogens with one attached hydrogen (secondary N) is 1. The van der Waals surface area contributed by atoms with Gasteiger partial charge in [0.1, 0.15) is 6.54 Å². The van der Waals surface area contributed by atoms with E-state index >= 15 is 0 Å². The lowest BCUT2D eigenvalue weighted by molar-refractivity contribution is -0.407. The normalized spacial score (nSPS) is 12.7. The van der Waals surface area contributed by atoms with Gasteiger partial charge >= 0.3 is 11.9 Å². The third-order valence-corrected chi connectivity index (χ3v) is 3.89. The minimum atomic E-state index is -3.56. The van der Waals surface area contributed by atoms with E-state index in [0.717, 1.165) is 0 Å². The van der Waals surface area contributed by atoms with Gasteiger partial charge in [0.2, 0.25) is 5.91 Å². The summed E-state index contributed by atoms with van der Waals surface area (Å²) in [6, 6.07) is -1.02. The highest BCUT2D eigenvalue weighted by Gasteiger charge is 2.21. The van der Waals surface area contributed by atoms with Crippen molar-refractivity contribution in [3.8, 4) is 0 Å². The van der Waals surface area contributed by atoms with Gasteiger partial charge in [-0.25, -0.2) is 13.2 Å². The summed E-state index contributed by atoms with van der Waals surface area (Å²) in [6.07, 6.45) is -0.487. The first kappa shape index (κ1) is 17.3. The molecule has 0 bridgehead atoms. The minimum Gasteiger partial charge on any atom is -0.480 e. The maximum atomic E-state index is 11.5. The van der Waals surface area contributed by atoms with Gasteiger partial charge in [0.15, 0.2) is 15.9 Å². The predicted molar refractivity (Wildman–Crippen MR) is 62.8 cm³/mol. The number of carboxylic acid groups (broad SMARTS) is 2. The molecule has 1 amide bonds. The fourth-order valence-electron chi connectivity index (χ4n) is 1.06. The Hall–Kier alpha value is -1.68. The van der Waals surface area contributed by atoms with Crippen molar-refractivity contribution < 1.29 is 38.7 Å². The number of rotatable bonds is 9. The summed E-state index contributed by atoms with van der Waals surface area (Å²) in [5.74, 6) is -3.92. The van der Waals surface area contributed by atoms with Gasteiger partial charge in [0, 0.05) is 12.8 Å². The molecule has 10 heteroatoms. The maximum Gasteiger partial charge on any atom is 0.362 e. The monoisotopic (exact) mass is 297 g/mol. The zero-order valence-corrected chi connectivity index (χ0v) is 11.0. The molecule has 9 nitrogen and oxygen atoms in total. The lowest BCUT2D eigenvalue weighted by Gasteiger charge is -2.06. The Labute approximate surface area is 109 Å². The van der Waals surface area contributed by atoms with Crippen LogP contribution in [0.5, 0.6) is 0 Å². The zero-order chi connectivity index (χ0) is 15.1. The molecule has 0 aromatic rings. The summed E-state index contributed by atoms with van der Waals surface area (Å²) in [4.78, 5) is 31.7. The zero-order valence-electron chi connectivity index (χ0n) is 10.2. The largest absolute Gasteiger partial charge is 0.480 e. The number of quaternary nitrogens is 1. The molecule has 0 heterocycles. The van der Waals surface area contributed by atoms with E-state index in [1.807, 2.05) is 5.32 Å². The molecule has 110 valence electrons. The van der Waals surface area contributed by atoms with Crippen LogP contribution in [0.1, 0.15) is 12.8 Å². The molecule has 19 heavy (non-hydrogen) atoms. The van der Waals surface area contributed by atoms with E-state index in [9.17, 15) is 22.8 Å². The second-order valence-corrected chi connectivity index (χ2v) is 6.20. The molecule has 0 aromatic carbocycles. The van der Waals surface area contributed by atoms with Gasteiger partial charge in [-0.1, -0.05) is 0 Å². The molecule has 0 spiro atoms. The number of carbonyl (C=O) groups excluding carboxylic acids is 1. The van der Waals surface area contributed by atoms with Crippen LogP contribution in [0.15, 0.2) is 0 Å². The highest BCUT2D eigenvalue weighted by molar-refractivity contribution is 7.91. The Morgan fingerprint density at radius 2 is 1.74 bits per heavy atom. The standard InChI is InChI=1S/C9H16N2O7S/c10-6(9(15)16)1-3-19(17,18)4-2-7(12)11-5-8(13)14/h6H,1-5,10H2,(H,11,12)(H,13,14)(H,15,16)/p+1/t6-/m0/s1. The van der Waals surface area contributed by atoms with Crippen LogP contribution in [0.2, 0.25) is 0 Å². The average molecular weight is 297 g/mol. The molecular weight excluding hydrogens is 280 g/mol. The molecule has 0 saturated carbocycles. The van der Waals surface area contributed by atoms with Crippen molar-refractivity contribution in [2.75, 3.05) is 18.1 Å². The van der Waals surface area contributed by atoms with E-state index in [4.69, 9.17) is 10.2 Å². The third kappa shape index (κ3) is 8.97. The number of sulfone groups is 1. The summed E-state index contributed by atoms with van der Waals surface area (Å²) < 4.78 is 23.0.